The highest BCUT2D eigenvalue weighted by Gasteiger charge is 2.23. The number of rotatable bonds is 4. The van der Waals surface area contributed by atoms with Crippen molar-refractivity contribution in [2.45, 2.75) is 18.9 Å². The normalized spacial score (nSPS) is 14.4. The molecule has 1 saturated carbocycles. The molecule has 1 aliphatic carbocycles. The Morgan fingerprint density at radius 3 is 2.82 bits per heavy atom. The molecular formula is C11H15N3O3. The average Bonchev–Trinajstić information content (AvgIpc) is 3.00. The summed E-state index contributed by atoms with van der Waals surface area (Å²) < 4.78 is 6.45. The Hall–Kier alpha value is -1.98. The van der Waals surface area contributed by atoms with Gasteiger partial charge in [-0.05, 0) is 18.9 Å². The average molecular weight is 237 g/mol. The second-order valence-electron chi connectivity index (χ2n) is 4.19. The summed E-state index contributed by atoms with van der Waals surface area (Å²) in [6, 6.07) is 1.79. The predicted octanol–water partition coefficient (Wildman–Crippen LogP) is 0.0427. The van der Waals surface area contributed by atoms with E-state index in [1.807, 2.05) is 0 Å². The molecule has 0 bridgehead atoms. The highest BCUT2D eigenvalue weighted by Crippen LogP contribution is 2.18. The smallest absolute Gasteiger partial charge is 0.355 e. The van der Waals surface area contributed by atoms with Crippen molar-refractivity contribution in [2.24, 2.45) is 7.05 Å². The maximum absolute atomic E-state index is 11.6. The van der Waals surface area contributed by atoms with Gasteiger partial charge in [0.25, 0.3) is 5.91 Å². The first-order valence-electron chi connectivity index (χ1n) is 5.44. The SMILES string of the molecule is Cn1cc(N)cc1C(=O)OCC(=O)NC1CC1. The van der Waals surface area contributed by atoms with Crippen LogP contribution in [-0.4, -0.2) is 29.1 Å². The molecule has 2 rings (SSSR count). The van der Waals surface area contributed by atoms with Crippen LogP contribution in [-0.2, 0) is 16.6 Å². The number of nitrogens with two attached hydrogens (primary N) is 1. The first-order chi connectivity index (χ1) is 8.06. The highest BCUT2D eigenvalue weighted by molar-refractivity contribution is 5.91. The molecule has 0 saturated heterocycles. The number of anilines is 1. The number of nitrogens with one attached hydrogen (secondary N) is 1. The van der Waals surface area contributed by atoms with E-state index in [9.17, 15) is 9.59 Å². The summed E-state index contributed by atoms with van der Waals surface area (Å²) in [4.78, 5) is 22.9. The Bertz CT molecular complexity index is 449. The quantitative estimate of drug-likeness (QED) is 0.724. The summed E-state index contributed by atoms with van der Waals surface area (Å²) in [5, 5.41) is 2.73. The van der Waals surface area contributed by atoms with Gasteiger partial charge in [-0.15, -0.1) is 0 Å². The fraction of sp³-hybridized carbons (Fsp3) is 0.455. The molecule has 1 aromatic rings. The van der Waals surface area contributed by atoms with Crippen LogP contribution in [0, 0.1) is 0 Å². The first-order valence-corrected chi connectivity index (χ1v) is 5.44. The number of carbonyl (C=O) groups excluding carboxylic acids is 2. The maximum atomic E-state index is 11.6. The van der Waals surface area contributed by atoms with E-state index in [4.69, 9.17) is 10.5 Å². The predicted molar refractivity (Wildman–Crippen MR) is 61.3 cm³/mol. The molecule has 1 aromatic heterocycles. The maximum Gasteiger partial charge on any atom is 0.355 e. The number of aryl methyl sites for hydroxylation is 1. The minimum Gasteiger partial charge on any atom is -0.451 e. The van der Waals surface area contributed by atoms with Crippen molar-refractivity contribution >= 4 is 17.6 Å². The lowest BCUT2D eigenvalue weighted by molar-refractivity contribution is -0.124. The second-order valence-corrected chi connectivity index (χ2v) is 4.19. The minimum atomic E-state index is -0.546. The summed E-state index contributed by atoms with van der Waals surface area (Å²) >= 11 is 0. The number of nitrogens with zero attached hydrogens (tertiary/aromatic N) is 1. The lowest BCUT2D eigenvalue weighted by Gasteiger charge is -2.05. The molecule has 1 heterocycles. The lowest BCUT2D eigenvalue weighted by Crippen LogP contribution is -2.30. The number of aromatic nitrogens is 1. The molecule has 0 aromatic carbocycles. The molecule has 1 aliphatic rings. The van der Waals surface area contributed by atoms with Gasteiger partial charge in [-0.3, -0.25) is 4.79 Å². The van der Waals surface area contributed by atoms with Gasteiger partial charge in [0.05, 0.1) is 5.69 Å². The summed E-state index contributed by atoms with van der Waals surface area (Å²) in [6.45, 7) is -0.250. The topological polar surface area (TPSA) is 86.3 Å². The Morgan fingerprint density at radius 2 is 2.29 bits per heavy atom. The monoisotopic (exact) mass is 237 g/mol. The van der Waals surface area contributed by atoms with Crippen LogP contribution in [0.3, 0.4) is 0 Å². The Labute approximate surface area is 98.7 Å². The van der Waals surface area contributed by atoms with Crippen LogP contribution in [0.15, 0.2) is 12.3 Å². The van der Waals surface area contributed by atoms with Crippen LogP contribution in [0.2, 0.25) is 0 Å². The van der Waals surface area contributed by atoms with E-state index in [1.165, 1.54) is 6.07 Å². The standard InChI is InChI=1S/C11H15N3O3/c1-14-5-7(12)4-9(14)11(16)17-6-10(15)13-8-2-3-8/h4-5,8H,2-3,6,12H2,1H3,(H,13,15). The van der Waals surface area contributed by atoms with Gasteiger partial charge in [-0.1, -0.05) is 0 Å². The third kappa shape index (κ3) is 2.99. The van der Waals surface area contributed by atoms with Crippen LogP contribution in [0.4, 0.5) is 5.69 Å². The van der Waals surface area contributed by atoms with Crippen molar-refractivity contribution in [2.75, 3.05) is 12.3 Å². The molecule has 1 fully saturated rings. The third-order valence-electron chi connectivity index (χ3n) is 2.51. The van der Waals surface area contributed by atoms with Crippen molar-refractivity contribution in [3.05, 3.63) is 18.0 Å². The van der Waals surface area contributed by atoms with E-state index in [-0.39, 0.29) is 18.6 Å². The zero-order chi connectivity index (χ0) is 12.4. The van der Waals surface area contributed by atoms with Crippen molar-refractivity contribution in [1.82, 2.24) is 9.88 Å². The number of hydrogen-bond donors (Lipinski definition) is 2. The number of ether oxygens (including phenoxy) is 1. The molecule has 3 N–H and O–H groups in total. The second kappa shape index (κ2) is 4.48. The molecule has 0 radical (unpaired) electrons. The molecule has 0 unspecified atom stereocenters. The van der Waals surface area contributed by atoms with E-state index in [2.05, 4.69) is 5.32 Å². The van der Waals surface area contributed by atoms with Gasteiger partial charge in [0.1, 0.15) is 5.69 Å². The fourth-order valence-corrected chi connectivity index (χ4v) is 1.50. The molecule has 0 aliphatic heterocycles. The minimum absolute atomic E-state index is 0.250. The van der Waals surface area contributed by atoms with Crippen LogP contribution in [0.25, 0.3) is 0 Å². The Balaban J connectivity index is 1.84. The molecule has 0 atom stereocenters. The molecule has 17 heavy (non-hydrogen) atoms. The van der Waals surface area contributed by atoms with Crippen molar-refractivity contribution < 1.29 is 14.3 Å². The molecular weight excluding hydrogens is 222 g/mol. The zero-order valence-corrected chi connectivity index (χ0v) is 9.60. The van der Waals surface area contributed by atoms with Crippen LogP contribution in [0.1, 0.15) is 23.3 Å². The van der Waals surface area contributed by atoms with E-state index < -0.39 is 5.97 Å². The number of esters is 1. The third-order valence-corrected chi connectivity index (χ3v) is 2.51. The molecule has 6 heteroatoms. The largest absolute Gasteiger partial charge is 0.451 e. The van der Waals surface area contributed by atoms with Crippen LogP contribution >= 0.6 is 0 Å². The molecule has 0 spiro atoms. The molecule has 6 nitrogen and oxygen atoms in total. The van der Waals surface area contributed by atoms with Crippen molar-refractivity contribution in [1.29, 1.82) is 0 Å². The van der Waals surface area contributed by atoms with E-state index in [0.29, 0.717) is 11.4 Å². The van der Waals surface area contributed by atoms with Crippen LogP contribution in [0.5, 0.6) is 0 Å². The van der Waals surface area contributed by atoms with E-state index in [0.717, 1.165) is 12.8 Å². The number of nitrogen functional groups attached to an aromatic ring is 1. The Kier molecular flexibility index (Phi) is 3.03. The van der Waals surface area contributed by atoms with Gasteiger partial charge < -0.3 is 20.4 Å². The molecule has 1 amide bonds. The number of carbonyl (C=O) groups is 2. The van der Waals surface area contributed by atoms with Gasteiger partial charge in [0.2, 0.25) is 0 Å². The lowest BCUT2D eigenvalue weighted by atomic mass is 10.4. The van der Waals surface area contributed by atoms with Gasteiger partial charge in [-0.25, -0.2) is 4.79 Å². The van der Waals surface area contributed by atoms with E-state index in [1.54, 1.807) is 17.8 Å². The van der Waals surface area contributed by atoms with Gasteiger partial charge in [-0.2, -0.15) is 0 Å². The summed E-state index contributed by atoms with van der Waals surface area (Å²) in [7, 11) is 1.69. The fourth-order valence-electron chi connectivity index (χ4n) is 1.50. The van der Waals surface area contributed by atoms with Gasteiger partial charge in [0.15, 0.2) is 6.61 Å². The van der Waals surface area contributed by atoms with Crippen LogP contribution < -0.4 is 11.1 Å². The van der Waals surface area contributed by atoms with Crippen molar-refractivity contribution in [3.8, 4) is 0 Å². The van der Waals surface area contributed by atoms with Gasteiger partial charge >= 0.3 is 5.97 Å². The Morgan fingerprint density at radius 1 is 1.59 bits per heavy atom. The number of amides is 1. The number of hydrogen-bond acceptors (Lipinski definition) is 4. The summed E-state index contributed by atoms with van der Waals surface area (Å²) in [5.41, 5.74) is 6.36. The summed E-state index contributed by atoms with van der Waals surface area (Å²) in [5.74, 6) is -0.807. The van der Waals surface area contributed by atoms with Crippen molar-refractivity contribution in [3.63, 3.8) is 0 Å². The summed E-state index contributed by atoms with van der Waals surface area (Å²) in [6.07, 6.45) is 3.63. The highest BCUT2D eigenvalue weighted by atomic mass is 16.5. The molecule has 92 valence electrons. The first kappa shape index (κ1) is 11.5. The van der Waals surface area contributed by atoms with E-state index >= 15 is 0 Å². The van der Waals surface area contributed by atoms with Gasteiger partial charge in [0, 0.05) is 19.3 Å². The zero-order valence-electron chi connectivity index (χ0n) is 9.60.